The number of likely N-dealkylation sites (tertiary alicyclic amines) is 1. The van der Waals surface area contributed by atoms with Crippen molar-refractivity contribution >= 4 is 48.3 Å². The third kappa shape index (κ3) is 7.46. The van der Waals surface area contributed by atoms with Gasteiger partial charge in [-0.25, -0.2) is 18.4 Å². The minimum atomic E-state index is -4.28. The van der Waals surface area contributed by atoms with Crippen LogP contribution < -0.4 is 5.32 Å². The fourth-order valence-corrected chi connectivity index (χ4v) is 8.68. The number of piperidine rings is 1. The molecule has 3 aromatic heterocycles. The van der Waals surface area contributed by atoms with Gasteiger partial charge >= 0.3 is 6.18 Å². The summed E-state index contributed by atoms with van der Waals surface area (Å²) in [5.74, 6) is 0.567. The van der Waals surface area contributed by atoms with Crippen molar-refractivity contribution < 1.29 is 26.7 Å². The van der Waals surface area contributed by atoms with Gasteiger partial charge in [0.25, 0.3) is 0 Å². The number of anilines is 1. The summed E-state index contributed by atoms with van der Waals surface area (Å²) >= 11 is 1.04. The summed E-state index contributed by atoms with van der Waals surface area (Å²) in [6, 6.07) is 9.89. The monoisotopic (exact) mass is 704 g/mol. The second-order valence-corrected chi connectivity index (χ2v) is 16.1. The lowest BCUT2D eigenvalue weighted by atomic mass is 10.0. The van der Waals surface area contributed by atoms with Gasteiger partial charge in [0.15, 0.2) is 0 Å². The molecular formula is C32H39F3N8O3S2. The first-order valence-electron chi connectivity index (χ1n) is 15.8. The summed E-state index contributed by atoms with van der Waals surface area (Å²) in [6.45, 7) is 7.66. The first-order chi connectivity index (χ1) is 22.6. The van der Waals surface area contributed by atoms with Crippen LogP contribution in [-0.4, -0.2) is 106 Å². The van der Waals surface area contributed by atoms with Crippen molar-refractivity contribution in [1.29, 1.82) is 5.26 Å². The number of aliphatic hydroxyl groups is 1. The van der Waals surface area contributed by atoms with Crippen LogP contribution >= 0.6 is 11.3 Å². The van der Waals surface area contributed by atoms with Gasteiger partial charge in [0.2, 0.25) is 10.0 Å². The van der Waals surface area contributed by atoms with Gasteiger partial charge in [0.1, 0.15) is 34.5 Å². The highest BCUT2D eigenvalue weighted by atomic mass is 32.2. The molecular weight excluding hydrogens is 666 g/mol. The van der Waals surface area contributed by atoms with Crippen LogP contribution in [-0.2, 0) is 29.5 Å². The molecule has 0 unspecified atom stereocenters. The standard InChI is InChI=1S/C32H39F3N8O3S2/c1-21-22(18-40-8-6-23(7-9-40)39-29-27-15-25(16-32(33,34)35)47-30(27)38-20-37-29)4-5-28-26(21)14-24(17-36)43(28)19-31(2,44)41-10-12-42(13-11-41)48(3,45)46/h4-5,14-15,20,23,44H,6-13,16,18-19H2,1-3H3,(H,37,38,39)/t31-/m0/s1. The van der Waals surface area contributed by atoms with Crippen molar-refractivity contribution in [3.63, 3.8) is 0 Å². The van der Waals surface area contributed by atoms with Crippen LogP contribution in [0.2, 0.25) is 0 Å². The lowest BCUT2D eigenvalue weighted by Crippen LogP contribution is -2.58. The van der Waals surface area contributed by atoms with E-state index >= 15 is 0 Å². The average Bonchev–Trinajstić information content (AvgIpc) is 3.59. The molecule has 0 spiro atoms. The Kier molecular flexibility index (Phi) is 9.48. The summed E-state index contributed by atoms with van der Waals surface area (Å²) in [6.07, 6.45) is -0.992. The first-order valence-corrected chi connectivity index (χ1v) is 18.5. The van der Waals surface area contributed by atoms with Gasteiger partial charge < -0.3 is 15.0 Å². The predicted octanol–water partition coefficient (Wildman–Crippen LogP) is 4.29. The molecule has 16 heteroatoms. The molecule has 2 aliphatic heterocycles. The summed E-state index contributed by atoms with van der Waals surface area (Å²) in [5.41, 5.74) is 2.22. The van der Waals surface area contributed by atoms with E-state index in [1.807, 2.05) is 28.5 Å². The molecule has 2 aliphatic rings. The van der Waals surface area contributed by atoms with Crippen molar-refractivity contribution in [2.45, 2.75) is 64.1 Å². The molecule has 48 heavy (non-hydrogen) atoms. The van der Waals surface area contributed by atoms with E-state index in [0.29, 0.717) is 47.9 Å². The molecule has 4 aromatic rings. The van der Waals surface area contributed by atoms with Crippen LogP contribution in [0.1, 0.15) is 41.5 Å². The summed E-state index contributed by atoms with van der Waals surface area (Å²) < 4.78 is 66.0. The van der Waals surface area contributed by atoms with Crippen molar-refractivity contribution in [3.8, 4) is 6.07 Å². The summed E-state index contributed by atoms with van der Waals surface area (Å²) in [5, 5.41) is 26.5. The summed E-state index contributed by atoms with van der Waals surface area (Å²) in [4.78, 5) is 13.5. The fraction of sp³-hybridized carbons (Fsp3) is 0.531. The highest BCUT2D eigenvalue weighted by Gasteiger charge is 2.35. The highest BCUT2D eigenvalue weighted by molar-refractivity contribution is 7.88. The second kappa shape index (κ2) is 13.2. The number of rotatable bonds is 9. The second-order valence-electron chi connectivity index (χ2n) is 13.0. The van der Waals surface area contributed by atoms with E-state index in [2.05, 4.69) is 32.3 Å². The maximum absolute atomic E-state index is 12.9. The van der Waals surface area contributed by atoms with Crippen molar-refractivity contribution in [1.82, 2.24) is 28.6 Å². The van der Waals surface area contributed by atoms with Crippen LogP contribution in [0.5, 0.6) is 0 Å². The number of benzene rings is 1. The molecule has 6 rings (SSSR count). The molecule has 2 fully saturated rings. The Labute approximate surface area is 281 Å². The maximum Gasteiger partial charge on any atom is 0.393 e. The number of nitrogens with zero attached hydrogens (tertiary/aromatic N) is 7. The van der Waals surface area contributed by atoms with Crippen LogP contribution in [0.4, 0.5) is 19.0 Å². The van der Waals surface area contributed by atoms with E-state index in [0.717, 1.165) is 65.8 Å². The maximum atomic E-state index is 12.9. The van der Waals surface area contributed by atoms with Crippen molar-refractivity contribution in [2.75, 3.05) is 50.8 Å². The Hall–Kier alpha value is -3.33. The van der Waals surface area contributed by atoms with E-state index in [4.69, 9.17) is 0 Å². The molecule has 0 aliphatic carbocycles. The number of hydrogen-bond acceptors (Lipinski definition) is 10. The molecule has 0 saturated carbocycles. The minimum absolute atomic E-state index is 0.128. The Bertz CT molecular complexity index is 1950. The number of hydrogen-bond donors (Lipinski definition) is 2. The lowest BCUT2D eigenvalue weighted by Gasteiger charge is -2.42. The number of piperazine rings is 1. The molecule has 1 aromatic carbocycles. The van der Waals surface area contributed by atoms with Crippen LogP contribution in [0.3, 0.4) is 0 Å². The first kappa shape index (κ1) is 34.5. The largest absolute Gasteiger partial charge is 0.393 e. The number of nitriles is 1. The molecule has 0 bridgehead atoms. The van der Waals surface area contributed by atoms with Gasteiger partial charge in [-0.3, -0.25) is 9.80 Å². The lowest BCUT2D eigenvalue weighted by molar-refractivity contribution is -0.126. The topological polar surface area (TPSA) is 131 Å². The molecule has 2 N–H and O–H groups in total. The number of aromatic nitrogens is 3. The van der Waals surface area contributed by atoms with Gasteiger partial charge in [-0.1, -0.05) is 6.07 Å². The molecule has 0 radical (unpaired) electrons. The average molecular weight is 705 g/mol. The van der Waals surface area contributed by atoms with E-state index in [1.54, 1.807) is 6.92 Å². The predicted molar refractivity (Wildman–Crippen MR) is 179 cm³/mol. The normalized spacial score (nSPS) is 19.1. The van der Waals surface area contributed by atoms with E-state index in [1.165, 1.54) is 23.0 Å². The fourth-order valence-electron chi connectivity index (χ4n) is 6.83. The molecule has 5 heterocycles. The molecule has 1 atom stereocenters. The zero-order valence-corrected chi connectivity index (χ0v) is 28.7. The van der Waals surface area contributed by atoms with Gasteiger partial charge in [0.05, 0.1) is 24.6 Å². The van der Waals surface area contributed by atoms with E-state index < -0.39 is 28.3 Å². The molecule has 2 saturated heterocycles. The van der Waals surface area contributed by atoms with Crippen LogP contribution in [0, 0.1) is 18.3 Å². The number of nitrogens with one attached hydrogen (secondary N) is 1. The number of sulfonamides is 1. The Balaban J connectivity index is 1.10. The minimum Gasteiger partial charge on any atom is -0.374 e. The number of alkyl halides is 3. The Morgan fingerprint density at radius 2 is 1.79 bits per heavy atom. The summed E-state index contributed by atoms with van der Waals surface area (Å²) in [7, 11) is -3.29. The van der Waals surface area contributed by atoms with Gasteiger partial charge in [-0.2, -0.15) is 22.7 Å². The SMILES string of the molecule is Cc1c(CN2CCC(Nc3ncnc4sc(CC(F)(F)F)cc34)CC2)ccc2c1cc(C#N)n2C[C@](C)(O)N1CCN(S(C)(=O)=O)CC1. The third-order valence-electron chi connectivity index (χ3n) is 9.51. The smallest absolute Gasteiger partial charge is 0.374 e. The molecule has 258 valence electrons. The van der Waals surface area contributed by atoms with Gasteiger partial charge in [-0.05, 0) is 56.0 Å². The molecule has 11 nitrogen and oxygen atoms in total. The van der Waals surface area contributed by atoms with E-state index in [9.17, 15) is 32.0 Å². The van der Waals surface area contributed by atoms with Crippen LogP contribution in [0.25, 0.3) is 21.1 Å². The number of thiophene rings is 1. The van der Waals surface area contributed by atoms with Crippen LogP contribution in [0.15, 0.2) is 30.6 Å². The van der Waals surface area contributed by atoms with Gasteiger partial charge in [0, 0.05) is 67.6 Å². The Morgan fingerprint density at radius 3 is 2.44 bits per heavy atom. The number of fused-ring (bicyclic) bond motifs is 2. The number of aryl methyl sites for hydroxylation is 1. The Morgan fingerprint density at radius 1 is 1.08 bits per heavy atom. The number of halogens is 3. The van der Waals surface area contributed by atoms with Gasteiger partial charge in [-0.15, -0.1) is 11.3 Å². The molecule has 0 amide bonds. The third-order valence-corrected chi connectivity index (χ3v) is 11.9. The van der Waals surface area contributed by atoms with Crippen molar-refractivity contribution in [3.05, 3.63) is 52.3 Å². The highest BCUT2D eigenvalue weighted by Crippen LogP contribution is 2.34. The zero-order valence-electron chi connectivity index (χ0n) is 27.1. The van der Waals surface area contributed by atoms with Crippen molar-refractivity contribution in [2.24, 2.45) is 0 Å². The zero-order chi connectivity index (χ0) is 34.4. The van der Waals surface area contributed by atoms with E-state index in [-0.39, 0.29) is 17.5 Å². The quantitative estimate of drug-likeness (QED) is 0.262.